The Morgan fingerprint density at radius 2 is 1.80 bits per heavy atom. The summed E-state index contributed by atoms with van der Waals surface area (Å²) < 4.78 is 49.6. The first-order chi connectivity index (χ1) is 11.8. The predicted molar refractivity (Wildman–Crippen MR) is 91.0 cm³/mol. The van der Waals surface area contributed by atoms with Crippen molar-refractivity contribution in [2.75, 3.05) is 25.1 Å². The number of sulfonamides is 1. The maximum absolute atomic E-state index is 13.4. The van der Waals surface area contributed by atoms with Gasteiger partial charge in [-0.15, -0.1) is 0 Å². The first-order valence-electron chi connectivity index (χ1n) is 6.98. The van der Waals surface area contributed by atoms with Gasteiger partial charge in [-0.05, 0) is 42.5 Å². The summed E-state index contributed by atoms with van der Waals surface area (Å²) in [6.45, 7) is -0.590. The van der Waals surface area contributed by atoms with Gasteiger partial charge in [0.25, 0.3) is 10.0 Å². The Morgan fingerprint density at radius 3 is 2.32 bits per heavy atom. The molecule has 0 radical (unpaired) electrons. The van der Waals surface area contributed by atoms with E-state index in [1.807, 2.05) is 0 Å². The molecule has 0 aliphatic rings. The van der Waals surface area contributed by atoms with E-state index in [1.165, 1.54) is 37.4 Å². The number of hydrogen-bond donors (Lipinski definition) is 0. The van der Waals surface area contributed by atoms with E-state index in [0.717, 1.165) is 23.5 Å². The molecule has 2 aromatic rings. The van der Waals surface area contributed by atoms with Gasteiger partial charge in [-0.1, -0.05) is 11.6 Å². The van der Waals surface area contributed by atoms with Crippen molar-refractivity contribution >= 4 is 33.3 Å². The predicted octanol–water partition coefficient (Wildman–Crippen LogP) is 2.86. The molecule has 0 heterocycles. The highest BCUT2D eigenvalue weighted by atomic mass is 35.5. The van der Waals surface area contributed by atoms with Crippen molar-refractivity contribution in [3.8, 4) is 5.75 Å². The minimum atomic E-state index is -4.12. The summed E-state index contributed by atoms with van der Waals surface area (Å²) in [4.78, 5) is 11.6. The number of rotatable bonds is 6. The molecule has 134 valence electrons. The van der Waals surface area contributed by atoms with Gasteiger partial charge >= 0.3 is 5.97 Å². The fraction of sp³-hybridized carbons (Fsp3) is 0.188. The average molecular weight is 388 g/mol. The van der Waals surface area contributed by atoms with Crippen LogP contribution in [0.1, 0.15) is 0 Å². The molecule has 6 nitrogen and oxygen atoms in total. The summed E-state index contributed by atoms with van der Waals surface area (Å²) >= 11 is 5.73. The quantitative estimate of drug-likeness (QED) is 0.712. The lowest BCUT2D eigenvalue weighted by Gasteiger charge is -2.23. The molecular formula is C16H15ClFNO5S. The minimum Gasteiger partial charge on any atom is -0.497 e. The third-order valence-corrected chi connectivity index (χ3v) is 5.42. The van der Waals surface area contributed by atoms with Gasteiger partial charge in [0.2, 0.25) is 0 Å². The Labute approximate surface area is 149 Å². The lowest BCUT2D eigenvalue weighted by molar-refractivity contribution is -0.138. The van der Waals surface area contributed by atoms with Crippen LogP contribution in [0.15, 0.2) is 47.4 Å². The average Bonchev–Trinajstić information content (AvgIpc) is 2.61. The lowest BCUT2D eigenvalue weighted by Crippen LogP contribution is -2.36. The molecular weight excluding hydrogens is 373 g/mol. The Hall–Kier alpha value is -2.32. The molecule has 2 rings (SSSR count). The number of benzene rings is 2. The summed E-state index contributed by atoms with van der Waals surface area (Å²) in [6, 6.07) is 8.98. The number of ether oxygens (including phenoxy) is 2. The zero-order chi connectivity index (χ0) is 18.6. The monoisotopic (exact) mass is 387 g/mol. The minimum absolute atomic E-state index is 0.0348. The SMILES string of the molecule is COC(=O)CN(c1ccc(F)c(Cl)c1)S(=O)(=O)c1ccc(OC)cc1. The number of anilines is 1. The van der Waals surface area contributed by atoms with Crippen LogP contribution in [0.25, 0.3) is 0 Å². The molecule has 0 bridgehead atoms. The van der Waals surface area contributed by atoms with Crippen LogP contribution in [0.5, 0.6) is 5.75 Å². The smallest absolute Gasteiger partial charge is 0.326 e. The number of nitrogens with zero attached hydrogens (tertiary/aromatic N) is 1. The van der Waals surface area contributed by atoms with Crippen LogP contribution in [0.3, 0.4) is 0 Å². The van der Waals surface area contributed by atoms with Crippen LogP contribution < -0.4 is 9.04 Å². The van der Waals surface area contributed by atoms with E-state index in [1.54, 1.807) is 0 Å². The van der Waals surface area contributed by atoms with Gasteiger partial charge < -0.3 is 9.47 Å². The van der Waals surface area contributed by atoms with Gasteiger partial charge in [-0.25, -0.2) is 12.8 Å². The molecule has 0 aromatic heterocycles. The Balaban J connectivity index is 2.52. The van der Waals surface area contributed by atoms with E-state index in [9.17, 15) is 17.6 Å². The number of carbonyl (C=O) groups is 1. The van der Waals surface area contributed by atoms with Gasteiger partial charge in [0.1, 0.15) is 18.1 Å². The number of halogens is 2. The maximum atomic E-state index is 13.4. The van der Waals surface area contributed by atoms with E-state index in [2.05, 4.69) is 4.74 Å². The summed E-state index contributed by atoms with van der Waals surface area (Å²) in [5.41, 5.74) is 0.0348. The second-order valence-electron chi connectivity index (χ2n) is 4.86. The highest BCUT2D eigenvalue weighted by Crippen LogP contribution is 2.28. The summed E-state index contributed by atoms with van der Waals surface area (Å²) in [6.07, 6.45) is 0. The molecule has 0 unspecified atom stereocenters. The molecule has 2 aromatic carbocycles. The van der Waals surface area contributed by atoms with Crippen molar-refractivity contribution in [3.05, 3.63) is 53.3 Å². The third kappa shape index (κ3) is 4.21. The van der Waals surface area contributed by atoms with Crippen LogP contribution in [-0.2, 0) is 19.6 Å². The van der Waals surface area contributed by atoms with Crippen molar-refractivity contribution < 1.29 is 27.1 Å². The van der Waals surface area contributed by atoms with E-state index in [-0.39, 0.29) is 15.6 Å². The second-order valence-corrected chi connectivity index (χ2v) is 7.13. The molecule has 0 aliphatic carbocycles. The number of carbonyl (C=O) groups excluding carboxylic acids is 1. The van der Waals surface area contributed by atoms with Gasteiger partial charge in [-0.2, -0.15) is 0 Å². The van der Waals surface area contributed by atoms with E-state index < -0.39 is 28.4 Å². The molecule has 0 fully saturated rings. The van der Waals surface area contributed by atoms with Crippen molar-refractivity contribution in [3.63, 3.8) is 0 Å². The summed E-state index contributed by atoms with van der Waals surface area (Å²) in [5.74, 6) is -1.01. The van der Waals surface area contributed by atoms with Gasteiger partial charge in [0.05, 0.1) is 29.8 Å². The summed E-state index contributed by atoms with van der Waals surface area (Å²) in [5, 5.41) is -0.266. The van der Waals surface area contributed by atoms with Crippen LogP contribution in [0.2, 0.25) is 5.02 Å². The third-order valence-electron chi connectivity index (χ3n) is 3.34. The first-order valence-corrected chi connectivity index (χ1v) is 8.80. The summed E-state index contributed by atoms with van der Waals surface area (Å²) in [7, 11) is -1.53. The van der Waals surface area contributed by atoms with E-state index in [4.69, 9.17) is 16.3 Å². The van der Waals surface area contributed by atoms with Crippen molar-refractivity contribution in [1.29, 1.82) is 0 Å². The van der Waals surface area contributed by atoms with E-state index in [0.29, 0.717) is 5.75 Å². The largest absolute Gasteiger partial charge is 0.497 e. The molecule has 0 spiro atoms. The fourth-order valence-corrected chi connectivity index (χ4v) is 3.59. The fourth-order valence-electron chi connectivity index (χ4n) is 2.01. The molecule has 0 saturated heterocycles. The molecule has 0 atom stereocenters. The first kappa shape index (κ1) is 19.0. The number of esters is 1. The Kier molecular flexibility index (Phi) is 5.86. The maximum Gasteiger partial charge on any atom is 0.326 e. The molecule has 0 saturated carbocycles. The zero-order valence-electron chi connectivity index (χ0n) is 13.4. The van der Waals surface area contributed by atoms with Crippen molar-refractivity contribution in [2.24, 2.45) is 0 Å². The number of methoxy groups -OCH3 is 2. The lowest BCUT2D eigenvalue weighted by atomic mass is 10.3. The zero-order valence-corrected chi connectivity index (χ0v) is 15.0. The van der Waals surface area contributed by atoms with Gasteiger partial charge in [-0.3, -0.25) is 9.10 Å². The van der Waals surface area contributed by atoms with E-state index >= 15 is 0 Å². The molecule has 9 heteroatoms. The van der Waals surface area contributed by atoms with Crippen molar-refractivity contribution in [1.82, 2.24) is 0 Å². The number of hydrogen-bond acceptors (Lipinski definition) is 5. The normalized spacial score (nSPS) is 11.0. The van der Waals surface area contributed by atoms with Crippen LogP contribution in [0, 0.1) is 5.82 Å². The Bertz CT molecular complexity index is 871. The van der Waals surface area contributed by atoms with Gasteiger partial charge in [0.15, 0.2) is 0 Å². The molecule has 0 aliphatic heterocycles. The molecule has 0 amide bonds. The van der Waals surface area contributed by atoms with Crippen LogP contribution in [-0.4, -0.2) is 35.2 Å². The second kappa shape index (κ2) is 7.71. The van der Waals surface area contributed by atoms with Gasteiger partial charge in [0, 0.05) is 0 Å². The van der Waals surface area contributed by atoms with Crippen LogP contribution >= 0.6 is 11.6 Å². The standard InChI is InChI=1S/C16H15ClFNO5S/c1-23-12-4-6-13(7-5-12)25(21,22)19(10-16(20)24-2)11-3-8-15(18)14(17)9-11/h3-9H,10H2,1-2H3. The Morgan fingerprint density at radius 1 is 1.16 bits per heavy atom. The highest BCUT2D eigenvalue weighted by molar-refractivity contribution is 7.92. The molecule has 25 heavy (non-hydrogen) atoms. The van der Waals surface area contributed by atoms with Crippen LogP contribution in [0.4, 0.5) is 10.1 Å². The molecule has 0 N–H and O–H groups in total. The van der Waals surface area contributed by atoms with Crippen molar-refractivity contribution in [2.45, 2.75) is 4.90 Å². The topological polar surface area (TPSA) is 72.9 Å². The highest BCUT2D eigenvalue weighted by Gasteiger charge is 2.28.